The van der Waals surface area contributed by atoms with E-state index in [0.717, 1.165) is 0 Å². The molecule has 1 nitrogen and oxygen atoms in total. The molecule has 1 aromatic rings. The van der Waals surface area contributed by atoms with Crippen LogP contribution in [0.1, 0.15) is 37.3 Å². The van der Waals surface area contributed by atoms with E-state index in [1.165, 1.54) is 36.8 Å². The Morgan fingerprint density at radius 3 is 2.50 bits per heavy atom. The molecule has 0 aromatic heterocycles. The minimum absolute atomic E-state index is 0.122. The minimum atomic E-state index is 0.122. The van der Waals surface area contributed by atoms with Gasteiger partial charge in [0.25, 0.3) is 0 Å². The molecule has 0 saturated heterocycles. The van der Waals surface area contributed by atoms with E-state index in [1.807, 2.05) is 6.07 Å². The fraction of sp³-hybridized carbons (Fsp3) is 0.385. The summed E-state index contributed by atoms with van der Waals surface area (Å²) in [5.41, 5.74) is 8.86. The standard InChI is InChI=1S/C13H17N/c14-13(11-7-3-1-4-8-11)12-9-5-2-6-10-12/h1,3-4,7-9,13H,2,5-6,10,14H2. The maximum Gasteiger partial charge on any atom is 0.0510 e. The number of nitrogens with two attached hydrogens (primary N) is 1. The first-order valence-corrected chi connectivity index (χ1v) is 5.37. The molecule has 1 unspecified atom stereocenters. The number of rotatable bonds is 2. The zero-order chi connectivity index (χ0) is 9.80. The zero-order valence-electron chi connectivity index (χ0n) is 8.45. The molecular weight excluding hydrogens is 170 g/mol. The minimum Gasteiger partial charge on any atom is -0.321 e. The van der Waals surface area contributed by atoms with Crippen LogP contribution in [0.3, 0.4) is 0 Å². The van der Waals surface area contributed by atoms with Gasteiger partial charge in [0.05, 0.1) is 6.04 Å². The first-order chi connectivity index (χ1) is 6.88. The predicted octanol–water partition coefficient (Wildman–Crippen LogP) is 3.19. The Hall–Kier alpha value is -1.08. The summed E-state index contributed by atoms with van der Waals surface area (Å²) in [6, 6.07) is 10.5. The molecule has 2 N–H and O–H groups in total. The van der Waals surface area contributed by atoms with Crippen LogP contribution in [-0.2, 0) is 0 Å². The van der Waals surface area contributed by atoms with Crippen LogP contribution in [0.25, 0.3) is 0 Å². The van der Waals surface area contributed by atoms with Crippen LogP contribution in [0, 0.1) is 0 Å². The summed E-state index contributed by atoms with van der Waals surface area (Å²) < 4.78 is 0. The van der Waals surface area contributed by atoms with Crippen molar-refractivity contribution in [3.63, 3.8) is 0 Å². The molecule has 0 spiro atoms. The van der Waals surface area contributed by atoms with E-state index < -0.39 is 0 Å². The normalized spacial score (nSPS) is 18.8. The van der Waals surface area contributed by atoms with Gasteiger partial charge in [-0.25, -0.2) is 0 Å². The molecule has 1 heteroatoms. The predicted molar refractivity (Wildman–Crippen MR) is 59.9 cm³/mol. The first kappa shape index (κ1) is 9.47. The van der Waals surface area contributed by atoms with Gasteiger partial charge in [0.2, 0.25) is 0 Å². The SMILES string of the molecule is NC(C1=CCCCC1)c1ccccc1. The Morgan fingerprint density at radius 2 is 1.86 bits per heavy atom. The van der Waals surface area contributed by atoms with E-state index in [4.69, 9.17) is 5.73 Å². The largest absolute Gasteiger partial charge is 0.321 e. The highest BCUT2D eigenvalue weighted by molar-refractivity contribution is 5.28. The van der Waals surface area contributed by atoms with E-state index in [-0.39, 0.29) is 6.04 Å². The second-order valence-electron chi connectivity index (χ2n) is 3.91. The fourth-order valence-electron chi connectivity index (χ4n) is 2.02. The monoisotopic (exact) mass is 187 g/mol. The molecule has 1 aliphatic rings. The topological polar surface area (TPSA) is 26.0 Å². The average molecular weight is 187 g/mol. The van der Waals surface area contributed by atoms with Crippen molar-refractivity contribution in [1.29, 1.82) is 0 Å². The lowest BCUT2D eigenvalue weighted by Crippen LogP contribution is -2.14. The summed E-state index contributed by atoms with van der Waals surface area (Å²) in [5, 5.41) is 0. The molecule has 1 aliphatic carbocycles. The second-order valence-corrected chi connectivity index (χ2v) is 3.91. The molecule has 74 valence electrons. The third kappa shape index (κ3) is 2.05. The summed E-state index contributed by atoms with van der Waals surface area (Å²) in [7, 11) is 0. The molecule has 0 bridgehead atoms. The first-order valence-electron chi connectivity index (χ1n) is 5.37. The van der Waals surface area contributed by atoms with Crippen LogP contribution in [0.4, 0.5) is 0 Å². The molecular formula is C13H17N. The van der Waals surface area contributed by atoms with Crippen LogP contribution in [-0.4, -0.2) is 0 Å². The molecule has 0 saturated carbocycles. The van der Waals surface area contributed by atoms with Crippen LogP contribution in [0.2, 0.25) is 0 Å². The summed E-state index contributed by atoms with van der Waals surface area (Å²) in [4.78, 5) is 0. The average Bonchev–Trinajstić information content (AvgIpc) is 2.30. The van der Waals surface area contributed by atoms with Crippen LogP contribution < -0.4 is 5.73 Å². The lowest BCUT2D eigenvalue weighted by molar-refractivity contribution is 0.648. The summed E-state index contributed by atoms with van der Waals surface area (Å²) in [6.45, 7) is 0. The zero-order valence-corrected chi connectivity index (χ0v) is 8.45. The van der Waals surface area contributed by atoms with Crippen molar-refractivity contribution in [3.8, 4) is 0 Å². The molecule has 0 heterocycles. The van der Waals surface area contributed by atoms with Gasteiger partial charge < -0.3 is 5.73 Å². The molecule has 2 rings (SSSR count). The van der Waals surface area contributed by atoms with Gasteiger partial charge >= 0.3 is 0 Å². The van der Waals surface area contributed by atoms with Crippen molar-refractivity contribution in [3.05, 3.63) is 47.5 Å². The molecule has 0 amide bonds. The second kappa shape index (κ2) is 4.43. The number of allylic oxidation sites excluding steroid dienone is 1. The smallest absolute Gasteiger partial charge is 0.0510 e. The van der Waals surface area contributed by atoms with Gasteiger partial charge in [-0.2, -0.15) is 0 Å². The molecule has 0 fully saturated rings. The number of benzene rings is 1. The van der Waals surface area contributed by atoms with E-state index in [0.29, 0.717) is 0 Å². The van der Waals surface area contributed by atoms with E-state index in [1.54, 1.807) is 0 Å². The number of hydrogen-bond donors (Lipinski definition) is 1. The Labute approximate surface area is 85.6 Å². The third-order valence-electron chi connectivity index (χ3n) is 2.88. The Morgan fingerprint density at radius 1 is 1.07 bits per heavy atom. The lowest BCUT2D eigenvalue weighted by Gasteiger charge is -2.19. The lowest BCUT2D eigenvalue weighted by atomic mass is 9.90. The highest BCUT2D eigenvalue weighted by atomic mass is 14.6. The van der Waals surface area contributed by atoms with Crippen molar-refractivity contribution in [2.24, 2.45) is 5.73 Å². The fourth-order valence-corrected chi connectivity index (χ4v) is 2.02. The van der Waals surface area contributed by atoms with Crippen molar-refractivity contribution in [2.45, 2.75) is 31.7 Å². The van der Waals surface area contributed by atoms with Crippen LogP contribution in [0.15, 0.2) is 42.0 Å². The molecule has 14 heavy (non-hydrogen) atoms. The van der Waals surface area contributed by atoms with Crippen molar-refractivity contribution in [2.75, 3.05) is 0 Å². The molecule has 1 atom stereocenters. The highest BCUT2D eigenvalue weighted by Gasteiger charge is 2.12. The third-order valence-corrected chi connectivity index (χ3v) is 2.88. The van der Waals surface area contributed by atoms with Gasteiger partial charge in [-0.15, -0.1) is 0 Å². The van der Waals surface area contributed by atoms with Gasteiger partial charge in [0, 0.05) is 0 Å². The summed E-state index contributed by atoms with van der Waals surface area (Å²) in [6.07, 6.45) is 7.32. The molecule has 1 aromatic carbocycles. The summed E-state index contributed by atoms with van der Waals surface area (Å²) in [5.74, 6) is 0. The van der Waals surface area contributed by atoms with Gasteiger partial charge in [0.15, 0.2) is 0 Å². The quantitative estimate of drug-likeness (QED) is 0.707. The van der Waals surface area contributed by atoms with Gasteiger partial charge in [-0.05, 0) is 31.2 Å². The summed E-state index contributed by atoms with van der Waals surface area (Å²) >= 11 is 0. The number of hydrogen-bond acceptors (Lipinski definition) is 1. The maximum absolute atomic E-state index is 6.20. The van der Waals surface area contributed by atoms with Crippen molar-refractivity contribution in [1.82, 2.24) is 0 Å². The Kier molecular flexibility index (Phi) is 3.00. The van der Waals surface area contributed by atoms with E-state index in [9.17, 15) is 0 Å². The highest BCUT2D eigenvalue weighted by Crippen LogP contribution is 2.27. The van der Waals surface area contributed by atoms with Crippen LogP contribution >= 0.6 is 0 Å². The Bertz CT molecular complexity index is 313. The van der Waals surface area contributed by atoms with Crippen molar-refractivity contribution < 1.29 is 0 Å². The maximum atomic E-state index is 6.20. The molecule has 0 aliphatic heterocycles. The van der Waals surface area contributed by atoms with Crippen LogP contribution in [0.5, 0.6) is 0 Å². The van der Waals surface area contributed by atoms with E-state index in [2.05, 4.69) is 30.3 Å². The molecule has 0 radical (unpaired) electrons. The van der Waals surface area contributed by atoms with E-state index >= 15 is 0 Å². The van der Waals surface area contributed by atoms with Gasteiger partial charge in [-0.3, -0.25) is 0 Å². The van der Waals surface area contributed by atoms with Crippen molar-refractivity contribution >= 4 is 0 Å². The van der Waals surface area contributed by atoms with Gasteiger partial charge in [-0.1, -0.05) is 42.0 Å². The Balaban J connectivity index is 2.15. The van der Waals surface area contributed by atoms with Gasteiger partial charge in [0.1, 0.15) is 0 Å².